The number of nitrogens with one attached hydrogen (secondary N) is 1. The summed E-state index contributed by atoms with van der Waals surface area (Å²) < 4.78 is 10.8. The summed E-state index contributed by atoms with van der Waals surface area (Å²) in [5, 5.41) is 3.02. The van der Waals surface area contributed by atoms with E-state index in [4.69, 9.17) is 32.4 Å². The van der Waals surface area contributed by atoms with Crippen LogP contribution in [0, 0.1) is 6.92 Å². The van der Waals surface area contributed by atoms with Gasteiger partial charge in [0.1, 0.15) is 0 Å². The molecule has 1 N–H and O–H groups in total. The van der Waals surface area contributed by atoms with Crippen molar-refractivity contribution in [2.75, 3.05) is 5.32 Å². The molecule has 0 unspecified atom stereocenters. The van der Waals surface area contributed by atoms with Crippen molar-refractivity contribution >= 4 is 40.9 Å². The van der Waals surface area contributed by atoms with Gasteiger partial charge in [-0.1, -0.05) is 53.0 Å². The minimum atomic E-state index is -1.03. The van der Waals surface area contributed by atoms with Crippen LogP contribution in [0.4, 0.5) is 5.82 Å². The van der Waals surface area contributed by atoms with Gasteiger partial charge < -0.3 is 14.5 Å². The van der Waals surface area contributed by atoms with E-state index in [2.05, 4.69) is 15.3 Å². The van der Waals surface area contributed by atoms with Gasteiger partial charge in [0.25, 0.3) is 5.91 Å². The highest BCUT2D eigenvalue weighted by atomic mass is 35.5. The van der Waals surface area contributed by atoms with E-state index < -0.39 is 18.0 Å². The number of esters is 1. The summed E-state index contributed by atoms with van der Waals surface area (Å²) in [7, 11) is 0. The van der Waals surface area contributed by atoms with Crippen molar-refractivity contribution in [3.05, 3.63) is 64.2 Å². The lowest BCUT2D eigenvalue weighted by atomic mass is 10.1. The number of nitrogens with zero attached hydrogens (tertiary/aromatic N) is 2. The minimum absolute atomic E-state index is 0.0193. The first-order valence-corrected chi connectivity index (χ1v) is 9.90. The predicted molar refractivity (Wildman–Crippen MR) is 113 cm³/mol. The zero-order valence-corrected chi connectivity index (χ0v) is 17.8. The van der Waals surface area contributed by atoms with Gasteiger partial charge in [0.15, 0.2) is 23.6 Å². The van der Waals surface area contributed by atoms with Crippen molar-refractivity contribution in [1.82, 2.24) is 9.97 Å². The van der Waals surface area contributed by atoms with Gasteiger partial charge in [0, 0.05) is 18.2 Å². The lowest BCUT2D eigenvalue weighted by Gasteiger charge is -2.13. The van der Waals surface area contributed by atoms with E-state index in [1.165, 1.54) is 19.2 Å². The molecule has 0 fully saturated rings. The van der Waals surface area contributed by atoms with Crippen LogP contribution in [-0.4, -0.2) is 27.9 Å². The highest BCUT2D eigenvalue weighted by Crippen LogP contribution is 2.23. The highest BCUT2D eigenvalue weighted by molar-refractivity contribution is 6.36. The zero-order valence-electron chi connectivity index (χ0n) is 16.3. The van der Waals surface area contributed by atoms with Crippen molar-refractivity contribution in [1.29, 1.82) is 0 Å². The Morgan fingerprint density at radius 1 is 1.17 bits per heavy atom. The molecule has 2 aromatic heterocycles. The average molecular weight is 448 g/mol. The molecule has 9 heteroatoms. The molecule has 0 aliphatic rings. The summed E-state index contributed by atoms with van der Waals surface area (Å²) in [6.45, 7) is 3.46. The maximum Gasteiger partial charge on any atom is 0.307 e. The molecule has 156 valence electrons. The van der Waals surface area contributed by atoms with Gasteiger partial charge >= 0.3 is 5.97 Å². The van der Waals surface area contributed by atoms with E-state index in [0.29, 0.717) is 16.7 Å². The number of aryl methyl sites for hydroxylation is 2. The first-order chi connectivity index (χ1) is 14.3. The molecule has 0 radical (unpaired) electrons. The molecule has 0 saturated carbocycles. The molecule has 0 saturated heterocycles. The van der Waals surface area contributed by atoms with Crippen LogP contribution in [0.3, 0.4) is 0 Å². The maximum absolute atomic E-state index is 12.2. The molecule has 3 rings (SSSR count). The fraction of sp³-hybridized carbons (Fsp3) is 0.238. The number of amides is 1. The number of carbonyl (C=O) groups excluding carboxylic acids is 2. The third-order valence-corrected chi connectivity index (χ3v) is 4.65. The van der Waals surface area contributed by atoms with Crippen LogP contribution >= 0.6 is 23.2 Å². The number of hydrogen-bond donors (Lipinski definition) is 1. The van der Waals surface area contributed by atoms with E-state index in [1.54, 1.807) is 6.20 Å². The third kappa shape index (κ3) is 5.81. The molecule has 7 nitrogen and oxygen atoms in total. The Bertz CT molecular complexity index is 1050. The summed E-state index contributed by atoms with van der Waals surface area (Å²) in [5.74, 6) is 0.0633. The molecule has 0 spiro atoms. The van der Waals surface area contributed by atoms with Crippen LogP contribution in [0.1, 0.15) is 24.8 Å². The standard InChI is InChI=1S/C21H19Cl2N3O4/c1-12-3-5-14(6-4-12)17-11-24-18(30-17)7-8-19(27)29-13(2)21(28)26-20-16(23)9-15(22)10-25-20/h3-6,9-11,13H,7-8H2,1-2H3,(H,25,26,28)/t13-/m0/s1. The number of rotatable bonds is 7. The Hall–Kier alpha value is -2.90. The first-order valence-electron chi connectivity index (χ1n) is 9.15. The summed E-state index contributed by atoms with van der Waals surface area (Å²) in [6.07, 6.45) is 2.21. The second kappa shape index (κ2) is 9.73. The van der Waals surface area contributed by atoms with Gasteiger partial charge in [-0.3, -0.25) is 9.59 Å². The number of carbonyl (C=O) groups is 2. The van der Waals surface area contributed by atoms with Gasteiger partial charge in [-0.25, -0.2) is 9.97 Å². The van der Waals surface area contributed by atoms with E-state index in [9.17, 15) is 9.59 Å². The number of ether oxygens (including phenoxy) is 1. The molecular weight excluding hydrogens is 429 g/mol. The van der Waals surface area contributed by atoms with Gasteiger partial charge in [-0.2, -0.15) is 0 Å². The third-order valence-electron chi connectivity index (χ3n) is 4.16. The van der Waals surface area contributed by atoms with Crippen LogP contribution in [0.25, 0.3) is 11.3 Å². The van der Waals surface area contributed by atoms with E-state index in [1.807, 2.05) is 31.2 Å². The van der Waals surface area contributed by atoms with Crippen LogP contribution in [0.5, 0.6) is 0 Å². The second-order valence-corrected chi connectivity index (χ2v) is 7.43. The zero-order chi connectivity index (χ0) is 21.7. The van der Waals surface area contributed by atoms with Crippen molar-refractivity contribution in [3.8, 4) is 11.3 Å². The number of pyridine rings is 1. The van der Waals surface area contributed by atoms with E-state index in [-0.39, 0.29) is 23.7 Å². The Morgan fingerprint density at radius 3 is 2.60 bits per heavy atom. The van der Waals surface area contributed by atoms with Crippen LogP contribution in [-0.2, 0) is 20.7 Å². The summed E-state index contributed by atoms with van der Waals surface area (Å²) in [4.78, 5) is 32.4. The predicted octanol–water partition coefficient (Wildman–Crippen LogP) is 4.85. The van der Waals surface area contributed by atoms with E-state index in [0.717, 1.165) is 11.1 Å². The largest absolute Gasteiger partial charge is 0.453 e. The van der Waals surface area contributed by atoms with Gasteiger partial charge in [-0.15, -0.1) is 0 Å². The Morgan fingerprint density at radius 2 is 1.90 bits per heavy atom. The lowest BCUT2D eigenvalue weighted by Crippen LogP contribution is -2.30. The molecular formula is C21H19Cl2N3O4. The fourth-order valence-corrected chi connectivity index (χ4v) is 2.95. The SMILES string of the molecule is Cc1ccc(-c2cnc(CCC(=O)O[C@@H](C)C(=O)Nc3ncc(Cl)cc3Cl)o2)cc1. The molecule has 1 atom stereocenters. The summed E-state index contributed by atoms with van der Waals surface area (Å²) >= 11 is 11.7. The first kappa shape index (κ1) is 21.8. The number of hydrogen-bond acceptors (Lipinski definition) is 6. The normalized spacial score (nSPS) is 11.7. The van der Waals surface area contributed by atoms with Gasteiger partial charge in [-0.05, 0) is 19.9 Å². The molecule has 1 aromatic carbocycles. The summed E-state index contributed by atoms with van der Waals surface area (Å²) in [6, 6.07) is 9.29. The number of halogens is 2. The van der Waals surface area contributed by atoms with E-state index >= 15 is 0 Å². The van der Waals surface area contributed by atoms with Crippen LogP contribution in [0.15, 0.2) is 47.1 Å². The molecule has 0 bridgehead atoms. The summed E-state index contributed by atoms with van der Waals surface area (Å²) in [5.41, 5.74) is 2.05. The number of oxazole rings is 1. The van der Waals surface area contributed by atoms with Crippen LogP contribution < -0.4 is 5.32 Å². The average Bonchev–Trinajstić information content (AvgIpc) is 3.18. The minimum Gasteiger partial charge on any atom is -0.453 e. The molecule has 2 heterocycles. The lowest BCUT2D eigenvalue weighted by molar-refractivity contribution is -0.153. The maximum atomic E-state index is 12.2. The van der Waals surface area contributed by atoms with Crippen molar-refractivity contribution < 1.29 is 18.7 Å². The monoisotopic (exact) mass is 447 g/mol. The van der Waals surface area contributed by atoms with Gasteiger partial charge in [0.05, 0.1) is 22.7 Å². The van der Waals surface area contributed by atoms with Crippen molar-refractivity contribution in [2.45, 2.75) is 32.8 Å². The Labute approximate surface area is 183 Å². The molecule has 1 amide bonds. The molecule has 30 heavy (non-hydrogen) atoms. The van der Waals surface area contributed by atoms with Gasteiger partial charge in [0.2, 0.25) is 0 Å². The number of anilines is 1. The molecule has 3 aromatic rings. The fourth-order valence-electron chi connectivity index (χ4n) is 2.52. The Balaban J connectivity index is 1.49. The second-order valence-electron chi connectivity index (χ2n) is 6.59. The topological polar surface area (TPSA) is 94.3 Å². The highest BCUT2D eigenvalue weighted by Gasteiger charge is 2.20. The number of benzene rings is 1. The smallest absolute Gasteiger partial charge is 0.307 e. The van der Waals surface area contributed by atoms with Crippen molar-refractivity contribution in [2.24, 2.45) is 0 Å². The molecule has 0 aliphatic heterocycles. The van der Waals surface area contributed by atoms with Crippen LogP contribution in [0.2, 0.25) is 10.0 Å². The number of aromatic nitrogens is 2. The van der Waals surface area contributed by atoms with Crippen molar-refractivity contribution in [3.63, 3.8) is 0 Å². The Kier molecular flexibility index (Phi) is 7.07. The quantitative estimate of drug-likeness (QED) is 0.519. The molecule has 0 aliphatic carbocycles.